The van der Waals surface area contributed by atoms with Crippen LogP contribution < -0.4 is 10.5 Å². The zero-order valence-electron chi connectivity index (χ0n) is 9.99. The van der Waals surface area contributed by atoms with Crippen LogP contribution in [0.2, 0.25) is 5.02 Å². The van der Waals surface area contributed by atoms with E-state index in [4.69, 9.17) is 22.1 Å². The first kappa shape index (κ1) is 13.1. The van der Waals surface area contributed by atoms with Crippen molar-refractivity contribution >= 4 is 23.4 Å². The van der Waals surface area contributed by atoms with Gasteiger partial charge in [0.15, 0.2) is 0 Å². The first-order chi connectivity index (χ1) is 8.16. The fraction of sp³-hybridized carbons (Fsp3) is 0.538. The van der Waals surface area contributed by atoms with Crippen molar-refractivity contribution in [2.75, 3.05) is 11.5 Å². The lowest BCUT2D eigenvalue weighted by atomic mass is 10.1. The Morgan fingerprint density at radius 2 is 2.35 bits per heavy atom. The molecule has 94 valence electrons. The Labute approximate surface area is 112 Å². The van der Waals surface area contributed by atoms with Crippen molar-refractivity contribution in [2.45, 2.75) is 31.9 Å². The molecular formula is C13H18ClNOS. The summed E-state index contributed by atoms with van der Waals surface area (Å²) in [5.41, 5.74) is 6.86. The van der Waals surface area contributed by atoms with Crippen LogP contribution in [0.3, 0.4) is 0 Å². The third-order valence-corrected chi connectivity index (χ3v) is 4.37. The highest BCUT2D eigenvalue weighted by molar-refractivity contribution is 7.99. The van der Waals surface area contributed by atoms with Crippen LogP contribution in [0.15, 0.2) is 18.2 Å². The molecule has 2 N–H and O–H groups in total. The second-order valence-corrected chi connectivity index (χ2v) is 5.99. The maximum atomic E-state index is 6.21. The number of rotatable bonds is 3. The fourth-order valence-corrected chi connectivity index (χ4v) is 3.15. The van der Waals surface area contributed by atoms with Crippen molar-refractivity contribution in [3.8, 4) is 5.75 Å². The van der Waals surface area contributed by atoms with Gasteiger partial charge in [0.05, 0.1) is 5.02 Å². The molecular weight excluding hydrogens is 254 g/mol. The van der Waals surface area contributed by atoms with Crippen LogP contribution >= 0.6 is 23.4 Å². The zero-order chi connectivity index (χ0) is 12.3. The number of hydrogen-bond donors (Lipinski definition) is 1. The van der Waals surface area contributed by atoms with Gasteiger partial charge in [-0.15, -0.1) is 0 Å². The van der Waals surface area contributed by atoms with E-state index in [1.807, 2.05) is 36.9 Å². The summed E-state index contributed by atoms with van der Waals surface area (Å²) in [6, 6.07) is 5.83. The maximum absolute atomic E-state index is 6.21. The number of halogens is 1. The Morgan fingerprint density at radius 1 is 1.53 bits per heavy atom. The van der Waals surface area contributed by atoms with Crippen molar-refractivity contribution in [3.63, 3.8) is 0 Å². The van der Waals surface area contributed by atoms with Gasteiger partial charge in [0, 0.05) is 11.8 Å². The molecule has 0 radical (unpaired) electrons. The molecule has 0 amide bonds. The second-order valence-electron chi connectivity index (χ2n) is 4.44. The first-order valence-corrected chi connectivity index (χ1v) is 7.49. The molecule has 17 heavy (non-hydrogen) atoms. The second kappa shape index (κ2) is 5.98. The minimum atomic E-state index is 0.00628. The summed E-state index contributed by atoms with van der Waals surface area (Å²) in [6.07, 6.45) is 2.65. The van der Waals surface area contributed by atoms with Crippen LogP contribution in [0.1, 0.15) is 31.4 Å². The summed E-state index contributed by atoms with van der Waals surface area (Å²) < 4.78 is 5.93. The Bertz CT molecular complexity index is 378. The van der Waals surface area contributed by atoms with E-state index in [2.05, 4.69) is 0 Å². The van der Waals surface area contributed by atoms with Gasteiger partial charge in [0.25, 0.3) is 0 Å². The average molecular weight is 272 g/mol. The van der Waals surface area contributed by atoms with E-state index >= 15 is 0 Å². The van der Waals surface area contributed by atoms with Crippen LogP contribution in [-0.2, 0) is 0 Å². The van der Waals surface area contributed by atoms with Gasteiger partial charge in [-0.05, 0) is 43.2 Å². The van der Waals surface area contributed by atoms with E-state index in [1.54, 1.807) is 0 Å². The SMILES string of the molecule is CC(N)c1ccc(OC2CCCSC2)c(Cl)c1. The lowest BCUT2D eigenvalue weighted by molar-refractivity contribution is 0.211. The van der Waals surface area contributed by atoms with Crippen LogP contribution in [0.4, 0.5) is 0 Å². The lowest BCUT2D eigenvalue weighted by Crippen LogP contribution is -2.23. The van der Waals surface area contributed by atoms with Crippen molar-refractivity contribution < 1.29 is 4.74 Å². The summed E-state index contributed by atoms with van der Waals surface area (Å²) in [6.45, 7) is 1.95. The number of ether oxygens (including phenoxy) is 1. The van der Waals surface area contributed by atoms with E-state index in [1.165, 1.54) is 12.2 Å². The largest absolute Gasteiger partial charge is 0.488 e. The summed E-state index contributed by atoms with van der Waals surface area (Å²) in [5.74, 6) is 3.09. The molecule has 1 aliphatic rings. The third kappa shape index (κ3) is 3.54. The molecule has 2 rings (SSSR count). The molecule has 1 aromatic carbocycles. The Kier molecular flexibility index (Phi) is 4.60. The smallest absolute Gasteiger partial charge is 0.138 e. The van der Waals surface area contributed by atoms with Crippen molar-refractivity contribution in [3.05, 3.63) is 28.8 Å². The van der Waals surface area contributed by atoms with Gasteiger partial charge in [0.1, 0.15) is 11.9 Å². The molecule has 1 fully saturated rings. The van der Waals surface area contributed by atoms with Crippen molar-refractivity contribution in [1.82, 2.24) is 0 Å². The van der Waals surface area contributed by atoms with E-state index in [-0.39, 0.29) is 6.04 Å². The van der Waals surface area contributed by atoms with Crippen LogP contribution in [0, 0.1) is 0 Å². The normalized spacial score (nSPS) is 22.2. The number of hydrogen-bond acceptors (Lipinski definition) is 3. The molecule has 1 aliphatic heterocycles. The summed E-state index contributed by atoms with van der Waals surface area (Å²) >= 11 is 8.15. The predicted octanol–water partition coefficient (Wildman–Crippen LogP) is 3.63. The van der Waals surface area contributed by atoms with Gasteiger partial charge in [0.2, 0.25) is 0 Å². The minimum Gasteiger partial charge on any atom is -0.488 e. The molecule has 0 bridgehead atoms. The molecule has 1 heterocycles. The molecule has 0 spiro atoms. The third-order valence-electron chi connectivity index (χ3n) is 2.89. The molecule has 1 aromatic rings. The lowest BCUT2D eigenvalue weighted by Gasteiger charge is -2.23. The van der Waals surface area contributed by atoms with Gasteiger partial charge in [-0.1, -0.05) is 17.7 Å². The predicted molar refractivity (Wildman–Crippen MR) is 75.0 cm³/mol. The standard InChI is InChI=1S/C13H18ClNOS/c1-9(15)10-4-5-13(12(14)7-10)16-11-3-2-6-17-8-11/h4-5,7,9,11H,2-3,6,8,15H2,1H3. The average Bonchev–Trinajstić information content (AvgIpc) is 2.33. The van der Waals surface area contributed by atoms with Crippen molar-refractivity contribution in [2.24, 2.45) is 5.73 Å². The maximum Gasteiger partial charge on any atom is 0.138 e. The summed E-state index contributed by atoms with van der Waals surface area (Å²) in [5, 5.41) is 0.662. The highest BCUT2D eigenvalue weighted by Gasteiger charge is 2.16. The van der Waals surface area contributed by atoms with Crippen LogP contribution in [-0.4, -0.2) is 17.6 Å². The molecule has 2 atom stereocenters. The number of thioether (sulfide) groups is 1. The minimum absolute atomic E-state index is 0.00628. The van der Waals surface area contributed by atoms with Crippen molar-refractivity contribution in [1.29, 1.82) is 0 Å². The topological polar surface area (TPSA) is 35.2 Å². The number of nitrogens with two attached hydrogens (primary N) is 1. The molecule has 1 saturated heterocycles. The van der Waals surface area contributed by atoms with Gasteiger partial charge in [-0.2, -0.15) is 11.8 Å². The molecule has 0 saturated carbocycles. The van der Waals surface area contributed by atoms with E-state index in [0.717, 1.165) is 23.5 Å². The molecule has 4 heteroatoms. The van der Waals surface area contributed by atoms with Crippen LogP contribution in [0.5, 0.6) is 5.75 Å². The van der Waals surface area contributed by atoms with Gasteiger partial charge < -0.3 is 10.5 Å². The van der Waals surface area contributed by atoms with E-state index < -0.39 is 0 Å². The molecule has 0 aliphatic carbocycles. The first-order valence-electron chi connectivity index (χ1n) is 5.96. The highest BCUT2D eigenvalue weighted by atomic mass is 35.5. The zero-order valence-corrected chi connectivity index (χ0v) is 11.6. The molecule has 2 nitrogen and oxygen atoms in total. The van der Waals surface area contributed by atoms with Gasteiger partial charge in [-0.3, -0.25) is 0 Å². The highest BCUT2D eigenvalue weighted by Crippen LogP contribution is 2.30. The Balaban J connectivity index is 2.05. The van der Waals surface area contributed by atoms with E-state index in [9.17, 15) is 0 Å². The number of benzene rings is 1. The van der Waals surface area contributed by atoms with Crippen LogP contribution in [0.25, 0.3) is 0 Å². The Morgan fingerprint density at radius 3 is 2.94 bits per heavy atom. The fourth-order valence-electron chi connectivity index (χ4n) is 1.88. The van der Waals surface area contributed by atoms with Gasteiger partial charge in [-0.25, -0.2) is 0 Å². The van der Waals surface area contributed by atoms with Gasteiger partial charge >= 0.3 is 0 Å². The summed E-state index contributed by atoms with van der Waals surface area (Å²) in [4.78, 5) is 0. The molecule has 0 aromatic heterocycles. The van der Waals surface area contributed by atoms with E-state index in [0.29, 0.717) is 11.1 Å². The monoisotopic (exact) mass is 271 g/mol. The Hall–Kier alpha value is -0.380. The summed E-state index contributed by atoms with van der Waals surface area (Å²) in [7, 11) is 0. The quantitative estimate of drug-likeness (QED) is 0.912. The molecule has 2 unspecified atom stereocenters.